The van der Waals surface area contributed by atoms with E-state index in [9.17, 15) is 9.59 Å². The van der Waals surface area contributed by atoms with Crippen LogP contribution in [0.1, 0.15) is 28.9 Å². The smallest absolute Gasteiger partial charge is 0.251 e. The molecule has 0 aliphatic heterocycles. The summed E-state index contributed by atoms with van der Waals surface area (Å²) in [4.78, 5) is 23.4. The zero-order valence-electron chi connectivity index (χ0n) is 13.3. The molecule has 0 aliphatic rings. The average molecular weight is 311 g/mol. The fourth-order valence-electron chi connectivity index (χ4n) is 2.16. The highest BCUT2D eigenvalue weighted by molar-refractivity contribution is 5.96. The highest BCUT2D eigenvalue weighted by Gasteiger charge is 2.08. The third kappa shape index (κ3) is 4.93. The van der Waals surface area contributed by atoms with Gasteiger partial charge < -0.3 is 16.0 Å². The summed E-state index contributed by atoms with van der Waals surface area (Å²) in [5.41, 5.74) is 2.35. The summed E-state index contributed by atoms with van der Waals surface area (Å²) in [6.45, 7) is 2.23. The molecule has 0 bridgehead atoms. The minimum atomic E-state index is -0.152. The molecular formula is C18H21N3O2. The van der Waals surface area contributed by atoms with Gasteiger partial charge in [0.2, 0.25) is 5.91 Å². The van der Waals surface area contributed by atoms with Crippen molar-refractivity contribution in [1.82, 2.24) is 10.6 Å². The molecule has 5 heteroatoms. The van der Waals surface area contributed by atoms with Crippen molar-refractivity contribution in [3.8, 4) is 0 Å². The topological polar surface area (TPSA) is 70.2 Å². The molecule has 0 saturated carbocycles. The molecule has 3 N–H and O–H groups in total. The number of hydrogen-bond donors (Lipinski definition) is 3. The normalized spacial score (nSPS) is 11.6. The van der Waals surface area contributed by atoms with Crippen molar-refractivity contribution in [3.63, 3.8) is 0 Å². The monoisotopic (exact) mass is 311 g/mol. The molecule has 0 radical (unpaired) electrons. The maximum Gasteiger partial charge on any atom is 0.251 e. The van der Waals surface area contributed by atoms with Crippen LogP contribution in [0.5, 0.6) is 0 Å². The molecule has 2 amide bonds. The van der Waals surface area contributed by atoms with Gasteiger partial charge in [0.15, 0.2) is 0 Å². The van der Waals surface area contributed by atoms with Crippen molar-refractivity contribution in [2.45, 2.75) is 13.0 Å². The number of amides is 2. The summed E-state index contributed by atoms with van der Waals surface area (Å²) in [7, 11) is 1.58. The zero-order chi connectivity index (χ0) is 16.7. The Hall–Kier alpha value is -2.66. The van der Waals surface area contributed by atoms with Crippen LogP contribution < -0.4 is 16.0 Å². The molecule has 2 aromatic carbocycles. The molecule has 2 aromatic rings. The predicted octanol–water partition coefficient (Wildman–Crippen LogP) is 2.34. The quantitative estimate of drug-likeness (QED) is 0.767. The first-order valence-corrected chi connectivity index (χ1v) is 7.50. The van der Waals surface area contributed by atoms with Crippen LogP contribution in [0.3, 0.4) is 0 Å². The molecule has 120 valence electrons. The van der Waals surface area contributed by atoms with E-state index in [1.165, 1.54) is 0 Å². The molecule has 0 unspecified atom stereocenters. The third-order valence-corrected chi connectivity index (χ3v) is 3.53. The molecule has 0 aliphatic carbocycles. The Morgan fingerprint density at radius 1 is 1.00 bits per heavy atom. The van der Waals surface area contributed by atoms with E-state index in [1.54, 1.807) is 31.3 Å². The molecule has 0 saturated heterocycles. The van der Waals surface area contributed by atoms with Gasteiger partial charge in [-0.3, -0.25) is 9.59 Å². The maximum absolute atomic E-state index is 12.0. The molecule has 0 fully saturated rings. The van der Waals surface area contributed by atoms with Crippen LogP contribution >= 0.6 is 0 Å². The molecule has 5 nitrogen and oxygen atoms in total. The fraction of sp³-hybridized carbons (Fsp3) is 0.222. The van der Waals surface area contributed by atoms with E-state index in [-0.39, 0.29) is 24.4 Å². The van der Waals surface area contributed by atoms with E-state index >= 15 is 0 Å². The molecule has 23 heavy (non-hydrogen) atoms. The van der Waals surface area contributed by atoms with Crippen LogP contribution in [0.2, 0.25) is 0 Å². The zero-order valence-corrected chi connectivity index (χ0v) is 13.3. The summed E-state index contributed by atoms with van der Waals surface area (Å²) in [6, 6.07) is 16.8. The van der Waals surface area contributed by atoms with Crippen LogP contribution in [-0.4, -0.2) is 25.4 Å². The molecular weight excluding hydrogens is 290 g/mol. The molecule has 0 spiro atoms. The lowest BCUT2D eigenvalue weighted by molar-refractivity contribution is -0.115. The molecule has 0 heterocycles. The van der Waals surface area contributed by atoms with Gasteiger partial charge in [0.25, 0.3) is 5.91 Å². The first-order valence-electron chi connectivity index (χ1n) is 7.50. The lowest BCUT2D eigenvalue weighted by atomic mass is 10.1. The highest BCUT2D eigenvalue weighted by Crippen LogP contribution is 2.11. The van der Waals surface area contributed by atoms with Crippen LogP contribution in [0.25, 0.3) is 0 Å². The second-order valence-corrected chi connectivity index (χ2v) is 5.22. The van der Waals surface area contributed by atoms with Crippen molar-refractivity contribution >= 4 is 17.5 Å². The number of carbonyl (C=O) groups excluding carboxylic acids is 2. The highest BCUT2D eigenvalue weighted by atomic mass is 16.2. The van der Waals surface area contributed by atoms with Crippen molar-refractivity contribution in [2.75, 3.05) is 18.9 Å². The van der Waals surface area contributed by atoms with Gasteiger partial charge in [-0.1, -0.05) is 30.3 Å². The van der Waals surface area contributed by atoms with Gasteiger partial charge in [-0.05, 0) is 36.8 Å². The summed E-state index contributed by atoms with van der Waals surface area (Å²) in [6.07, 6.45) is 0. The summed E-state index contributed by atoms with van der Waals surface area (Å²) in [5.74, 6) is -0.276. The van der Waals surface area contributed by atoms with E-state index < -0.39 is 0 Å². The molecule has 1 atom stereocenters. The lowest BCUT2D eigenvalue weighted by Gasteiger charge is -2.14. The lowest BCUT2D eigenvalue weighted by Crippen LogP contribution is -2.30. The van der Waals surface area contributed by atoms with E-state index in [2.05, 4.69) is 16.0 Å². The second kappa shape index (κ2) is 8.10. The first-order chi connectivity index (χ1) is 11.1. The number of nitrogens with one attached hydrogen (secondary N) is 3. The minimum absolute atomic E-state index is 0.0950. The van der Waals surface area contributed by atoms with E-state index in [0.717, 1.165) is 5.56 Å². The van der Waals surface area contributed by atoms with Crippen LogP contribution in [0, 0.1) is 0 Å². The standard InChI is InChI=1S/C18H21N3O2/c1-13(14-6-4-3-5-7-14)20-12-17(22)21-16-10-8-15(9-11-16)18(23)19-2/h3-11,13,20H,12H2,1-2H3,(H,19,23)(H,21,22)/t13-/m1/s1. The van der Waals surface area contributed by atoms with Crippen LogP contribution in [0.15, 0.2) is 54.6 Å². The van der Waals surface area contributed by atoms with Gasteiger partial charge in [-0.25, -0.2) is 0 Å². The van der Waals surface area contributed by atoms with Crippen molar-refractivity contribution in [1.29, 1.82) is 0 Å². The number of hydrogen-bond acceptors (Lipinski definition) is 3. The largest absolute Gasteiger partial charge is 0.355 e. The Balaban J connectivity index is 1.84. The van der Waals surface area contributed by atoms with Crippen molar-refractivity contribution < 1.29 is 9.59 Å². The van der Waals surface area contributed by atoms with Gasteiger partial charge in [-0.2, -0.15) is 0 Å². The predicted molar refractivity (Wildman–Crippen MR) is 91.3 cm³/mol. The molecule has 2 rings (SSSR count). The van der Waals surface area contributed by atoms with Crippen LogP contribution in [0.4, 0.5) is 5.69 Å². The van der Waals surface area contributed by atoms with E-state index in [4.69, 9.17) is 0 Å². The Morgan fingerprint density at radius 3 is 2.26 bits per heavy atom. The Kier molecular flexibility index (Phi) is 5.88. The van der Waals surface area contributed by atoms with E-state index in [1.807, 2.05) is 37.3 Å². The Bertz CT molecular complexity index is 654. The van der Waals surface area contributed by atoms with Gasteiger partial charge in [-0.15, -0.1) is 0 Å². The Labute approximate surface area is 136 Å². The van der Waals surface area contributed by atoms with Crippen molar-refractivity contribution in [3.05, 3.63) is 65.7 Å². The minimum Gasteiger partial charge on any atom is -0.355 e. The van der Waals surface area contributed by atoms with Gasteiger partial charge >= 0.3 is 0 Å². The Morgan fingerprint density at radius 2 is 1.65 bits per heavy atom. The fourth-order valence-corrected chi connectivity index (χ4v) is 2.16. The number of benzene rings is 2. The summed E-state index contributed by atoms with van der Waals surface area (Å²) < 4.78 is 0. The first kappa shape index (κ1) is 16.7. The summed E-state index contributed by atoms with van der Waals surface area (Å²) >= 11 is 0. The van der Waals surface area contributed by atoms with Gasteiger partial charge in [0, 0.05) is 24.3 Å². The third-order valence-electron chi connectivity index (χ3n) is 3.53. The van der Waals surface area contributed by atoms with Crippen LogP contribution in [-0.2, 0) is 4.79 Å². The average Bonchev–Trinajstić information content (AvgIpc) is 2.60. The van der Waals surface area contributed by atoms with E-state index in [0.29, 0.717) is 11.3 Å². The summed E-state index contributed by atoms with van der Waals surface area (Å²) in [5, 5.41) is 8.53. The second-order valence-electron chi connectivity index (χ2n) is 5.22. The SMILES string of the molecule is CNC(=O)c1ccc(NC(=O)CN[C@H](C)c2ccccc2)cc1. The van der Waals surface area contributed by atoms with Gasteiger partial charge in [0.1, 0.15) is 0 Å². The maximum atomic E-state index is 12.0. The number of anilines is 1. The number of carbonyl (C=O) groups is 2. The molecule has 0 aromatic heterocycles. The van der Waals surface area contributed by atoms with Crippen molar-refractivity contribution in [2.24, 2.45) is 0 Å². The number of rotatable bonds is 6. The van der Waals surface area contributed by atoms with Gasteiger partial charge in [0.05, 0.1) is 6.54 Å².